The van der Waals surface area contributed by atoms with Gasteiger partial charge in [-0.25, -0.2) is 9.78 Å². The standard InChI is InChI=1S/C29H30BBrN2O4/c1-28(2)29(3,4)37-30(36-28)20(15-19-13-14-32-26(31)16-19)17-33-27(34)35-18-25-23-11-7-5-9-21(23)22-10-6-8-12-24(22)25/h5-16,25H,17-18H2,1-4H3,(H,33,34). The van der Waals surface area contributed by atoms with Crippen LogP contribution in [0.3, 0.4) is 0 Å². The fourth-order valence-corrected chi connectivity index (χ4v) is 5.12. The monoisotopic (exact) mass is 560 g/mol. The first kappa shape index (κ1) is 25.7. The van der Waals surface area contributed by atoms with Crippen LogP contribution in [0.15, 0.2) is 76.9 Å². The Bertz CT molecular complexity index is 1300. The molecule has 1 saturated heterocycles. The summed E-state index contributed by atoms with van der Waals surface area (Å²) >= 11 is 3.42. The number of nitrogens with zero attached hydrogens (tertiary/aromatic N) is 1. The fraction of sp³-hybridized carbons (Fsp3) is 0.310. The molecule has 190 valence electrons. The first-order valence-electron chi connectivity index (χ1n) is 12.4. The molecule has 1 amide bonds. The van der Waals surface area contributed by atoms with Crippen LogP contribution >= 0.6 is 15.9 Å². The van der Waals surface area contributed by atoms with Gasteiger partial charge in [-0.05, 0) is 89.0 Å². The molecule has 5 rings (SSSR count). The average Bonchev–Trinajstić information content (AvgIpc) is 3.29. The Balaban J connectivity index is 1.29. The van der Waals surface area contributed by atoms with E-state index in [0.717, 1.165) is 15.6 Å². The summed E-state index contributed by atoms with van der Waals surface area (Å²) in [5.74, 6) is 0.00503. The number of aromatic nitrogens is 1. The third kappa shape index (κ3) is 5.24. The molecule has 37 heavy (non-hydrogen) atoms. The molecule has 0 saturated carbocycles. The molecule has 0 atom stereocenters. The van der Waals surface area contributed by atoms with Gasteiger partial charge in [0.2, 0.25) is 0 Å². The smallest absolute Gasteiger partial charge is 0.449 e. The predicted octanol–water partition coefficient (Wildman–Crippen LogP) is 6.40. The lowest BCUT2D eigenvalue weighted by atomic mass is 9.77. The van der Waals surface area contributed by atoms with E-state index in [1.54, 1.807) is 6.20 Å². The molecule has 1 N–H and O–H groups in total. The van der Waals surface area contributed by atoms with E-state index in [2.05, 4.69) is 50.5 Å². The highest BCUT2D eigenvalue weighted by atomic mass is 79.9. The van der Waals surface area contributed by atoms with Crippen molar-refractivity contribution in [1.29, 1.82) is 0 Å². The van der Waals surface area contributed by atoms with Crippen molar-refractivity contribution >= 4 is 35.2 Å². The van der Waals surface area contributed by atoms with E-state index in [1.807, 2.05) is 70.2 Å². The van der Waals surface area contributed by atoms with Gasteiger partial charge in [0.25, 0.3) is 0 Å². The Morgan fingerprint density at radius 1 is 1.03 bits per heavy atom. The molecular formula is C29H30BBrN2O4. The third-order valence-corrected chi connectivity index (χ3v) is 7.87. The molecule has 0 unspecified atom stereocenters. The maximum atomic E-state index is 12.8. The minimum atomic E-state index is -0.606. The topological polar surface area (TPSA) is 69.7 Å². The quantitative estimate of drug-likeness (QED) is 0.279. The molecule has 1 aromatic heterocycles. The lowest BCUT2D eigenvalue weighted by Gasteiger charge is -2.32. The number of rotatable bonds is 6. The van der Waals surface area contributed by atoms with Crippen LogP contribution in [-0.4, -0.2) is 42.5 Å². The van der Waals surface area contributed by atoms with Crippen LogP contribution < -0.4 is 5.32 Å². The molecule has 6 nitrogen and oxygen atoms in total. The highest BCUT2D eigenvalue weighted by molar-refractivity contribution is 9.10. The Kier molecular flexibility index (Phi) is 7.00. The zero-order valence-electron chi connectivity index (χ0n) is 21.5. The van der Waals surface area contributed by atoms with Crippen molar-refractivity contribution in [2.75, 3.05) is 13.2 Å². The van der Waals surface area contributed by atoms with Crippen molar-refractivity contribution in [3.8, 4) is 11.1 Å². The van der Waals surface area contributed by atoms with E-state index < -0.39 is 24.4 Å². The lowest BCUT2D eigenvalue weighted by molar-refractivity contribution is 0.00578. The number of hydrogen-bond donors (Lipinski definition) is 1. The number of fused-ring (bicyclic) bond motifs is 3. The van der Waals surface area contributed by atoms with Crippen molar-refractivity contribution in [2.24, 2.45) is 0 Å². The number of hydrogen-bond acceptors (Lipinski definition) is 5. The van der Waals surface area contributed by atoms with E-state index >= 15 is 0 Å². The predicted molar refractivity (Wildman–Crippen MR) is 149 cm³/mol. The number of pyridine rings is 1. The van der Waals surface area contributed by atoms with E-state index in [1.165, 1.54) is 22.3 Å². The molecule has 0 spiro atoms. The first-order valence-corrected chi connectivity index (χ1v) is 13.2. The molecule has 3 aromatic rings. The molecule has 0 radical (unpaired) electrons. The van der Waals surface area contributed by atoms with Gasteiger partial charge in [-0.15, -0.1) is 0 Å². The second-order valence-corrected chi connectivity index (χ2v) is 11.2. The summed E-state index contributed by atoms with van der Waals surface area (Å²) in [5.41, 5.74) is 5.45. The second kappa shape index (κ2) is 10.1. The molecule has 1 fully saturated rings. The van der Waals surface area contributed by atoms with Crippen molar-refractivity contribution < 1.29 is 18.8 Å². The maximum absolute atomic E-state index is 12.8. The normalized spacial score (nSPS) is 17.9. The summed E-state index contributed by atoms with van der Waals surface area (Å²) in [6.07, 6.45) is 3.19. The number of nitrogens with one attached hydrogen (secondary N) is 1. The first-order chi connectivity index (χ1) is 17.6. The zero-order valence-corrected chi connectivity index (χ0v) is 23.0. The van der Waals surface area contributed by atoms with Crippen LogP contribution in [0.5, 0.6) is 0 Å². The zero-order chi connectivity index (χ0) is 26.2. The molecule has 1 aliphatic carbocycles. The largest absolute Gasteiger partial charge is 0.492 e. The SMILES string of the molecule is CC1(C)OB(C(=Cc2ccnc(Br)c2)CNC(=O)OCC2c3ccccc3-c3ccccc32)OC1(C)C. The van der Waals surface area contributed by atoms with E-state index in [0.29, 0.717) is 0 Å². The van der Waals surface area contributed by atoms with Gasteiger partial charge >= 0.3 is 13.2 Å². The van der Waals surface area contributed by atoms with Crippen molar-refractivity contribution in [1.82, 2.24) is 10.3 Å². The number of alkyl carbamates (subject to hydrolysis) is 1. The van der Waals surface area contributed by atoms with Crippen LogP contribution in [0, 0.1) is 0 Å². The molecule has 2 aliphatic rings. The van der Waals surface area contributed by atoms with E-state index in [9.17, 15) is 4.79 Å². The van der Waals surface area contributed by atoms with Gasteiger partial charge in [-0.1, -0.05) is 54.6 Å². The average molecular weight is 561 g/mol. The lowest BCUT2D eigenvalue weighted by Crippen LogP contribution is -2.41. The van der Waals surface area contributed by atoms with E-state index in [4.69, 9.17) is 14.0 Å². The molecule has 2 aromatic carbocycles. The van der Waals surface area contributed by atoms with Crippen LogP contribution in [0.2, 0.25) is 0 Å². The Morgan fingerprint density at radius 3 is 2.22 bits per heavy atom. The van der Waals surface area contributed by atoms with Gasteiger partial charge in [0.1, 0.15) is 11.2 Å². The summed E-state index contributed by atoms with van der Waals surface area (Å²) < 4.78 is 19.0. The van der Waals surface area contributed by atoms with Crippen LogP contribution in [0.25, 0.3) is 17.2 Å². The van der Waals surface area contributed by atoms with Gasteiger partial charge < -0.3 is 19.4 Å². The van der Waals surface area contributed by atoms with Gasteiger partial charge in [-0.2, -0.15) is 0 Å². The van der Waals surface area contributed by atoms with Crippen LogP contribution in [0.1, 0.15) is 50.3 Å². The number of carbonyl (C=O) groups excluding carboxylic acids is 1. The van der Waals surface area contributed by atoms with Gasteiger partial charge in [-0.3, -0.25) is 0 Å². The van der Waals surface area contributed by atoms with Gasteiger partial charge in [0.05, 0.1) is 11.2 Å². The summed E-state index contributed by atoms with van der Waals surface area (Å²) in [7, 11) is -0.606. The summed E-state index contributed by atoms with van der Waals surface area (Å²) in [6, 6.07) is 20.4. The molecule has 1 aliphatic heterocycles. The Morgan fingerprint density at radius 2 is 1.62 bits per heavy atom. The van der Waals surface area contributed by atoms with Crippen molar-refractivity contribution in [3.05, 3.63) is 93.6 Å². The van der Waals surface area contributed by atoms with Gasteiger partial charge in [0, 0.05) is 18.7 Å². The summed E-state index contributed by atoms with van der Waals surface area (Å²) in [4.78, 5) is 17.0. The van der Waals surface area contributed by atoms with Crippen molar-refractivity contribution in [3.63, 3.8) is 0 Å². The third-order valence-electron chi connectivity index (χ3n) is 7.44. The number of carbonyl (C=O) groups is 1. The summed E-state index contributed by atoms with van der Waals surface area (Å²) in [6.45, 7) is 8.50. The van der Waals surface area contributed by atoms with E-state index in [-0.39, 0.29) is 19.1 Å². The second-order valence-electron chi connectivity index (χ2n) is 10.4. The maximum Gasteiger partial charge on any atom is 0.492 e. The molecule has 0 bridgehead atoms. The fourth-order valence-electron chi connectivity index (χ4n) is 4.74. The number of amides is 1. The highest BCUT2D eigenvalue weighted by Crippen LogP contribution is 2.44. The summed E-state index contributed by atoms with van der Waals surface area (Å²) in [5, 5.41) is 2.90. The highest BCUT2D eigenvalue weighted by Gasteiger charge is 2.52. The Hall–Kier alpha value is -2.94. The molecular weight excluding hydrogens is 531 g/mol. The molecule has 8 heteroatoms. The minimum absolute atomic E-state index is 0.00503. The minimum Gasteiger partial charge on any atom is -0.449 e. The van der Waals surface area contributed by atoms with Gasteiger partial charge in [0.15, 0.2) is 0 Å². The number of halogens is 1. The van der Waals surface area contributed by atoms with Crippen molar-refractivity contribution in [2.45, 2.75) is 44.8 Å². The number of benzene rings is 2. The number of ether oxygens (including phenoxy) is 1. The van der Waals surface area contributed by atoms with Crippen LogP contribution in [0.4, 0.5) is 4.79 Å². The molecule has 2 heterocycles. The Labute approximate surface area is 226 Å². The van der Waals surface area contributed by atoms with Crippen LogP contribution in [-0.2, 0) is 14.0 Å².